The normalized spacial score (nSPS) is 13.8. The van der Waals surface area contributed by atoms with Crippen LogP contribution in [-0.2, 0) is 45.2 Å². The molecule has 0 aliphatic rings. The van der Waals surface area contributed by atoms with E-state index < -0.39 is 23.5 Å². The van der Waals surface area contributed by atoms with Gasteiger partial charge < -0.3 is 50.5 Å². The Morgan fingerprint density at radius 1 is 0.719 bits per heavy atom. The lowest BCUT2D eigenvalue weighted by atomic mass is 10.3. The molecule has 1 atom stereocenters. The Morgan fingerprint density at radius 3 is 1.69 bits per heavy atom. The van der Waals surface area contributed by atoms with Crippen LogP contribution < -0.4 is 5.32 Å². The van der Waals surface area contributed by atoms with Crippen LogP contribution in [0.15, 0.2) is 0 Å². The molecule has 0 aromatic carbocycles. The van der Waals surface area contributed by atoms with E-state index in [0.717, 1.165) is 25.4 Å². The van der Waals surface area contributed by atoms with Crippen molar-refractivity contribution in [3.05, 3.63) is 0 Å². The van der Waals surface area contributed by atoms with Crippen LogP contribution in [0.4, 0.5) is 0 Å². The average molecular weight is 518 g/mol. The third-order valence-corrected chi connectivity index (χ3v) is 11.7. The van der Waals surface area contributed by atoms with Crippen LogP contribution in [0.5, 0.6) is 0 Å². The third-order valence-electron chi connectivity index (χ3n) is 4.91. The van der Waals surface area contributed by atoms with Crippen LogP contribution in [0.3, 0.4) is 0 Å². The Labute approximate surface area is 198 Å². The topological polar surface area (TPSA) is 104 Å². The summed E-state index contributed by atoms with van der Waals surface area (Å²) in [5.41, 5.74) is 0. The molecular weight excluding hydrogens is 474 g/mol. The van der Waals surface area contributed by atoms with Gasteiger partial charge in [0, 0.05) is 82.1 Å². The highest BCUT2D eigenvalue weighted by atomic mass is 28.4. The standard InChI is InChI=1S/C18H43NO10Si3/c1-20-18(21-2)30-29-17(15-19-11-9-13-31(22-3,23-4)24-5)16-28-12-10-14-32(25-6,26-7)27-8/h17-19H,9-16H2,1-8H3. The zero-order valence-electron chi connectivity index (χ0n) is 20.9. The Morgan fingerprint density at radius 2 is 1.22 bits per heavy atom. The molecule has 1 N–H and O–H groups in total. The van der Waals surface area contributed by atoms with Gasteiger partial charge in [-0.25, -0.2) is 0 Å². The van der Waals surface area contributed by atoms with Gasteiger partial charge in [0.2, 0.25) is 0 Å². The fourth-order valence-corrected chi connectivity index (χ4v) is 6.95. The van der Waals surface area contributed by atoms with Crippen LogP contribution in [0.1, 0.15) is 12.8 Å². The molecule has 32 heavy (non-hydrogen) atoms. The minimum Gasteiger partial charge on any atom is -0.406 e. The molecule has 0 fully saturated rings. The first kappa shape index (κ1) is 32.2. The fraction of sp³-hybridized carbons (Fsp3) is 1.00. The fourth-order valence-electron chi connectivity index (χ4n) is 2.89. The van der Waals surface area contributed by atoms with Crippen LogP contribution in [0.25, 0.3) is 0 Å². The van der Waals surface area contributed by atoms with Crippen molar-refractivity contribution in [2.75, 3.05) is 83.2 Å². The lowest BCUT2D eigenvalue weighted by Crippen LogP contribution is -2.43. The van der Waals surface area contributed by atoms with Gasteiger partial charge in [-0.15, -0.1) is 0 Å². The number of hydrogen-bond acceptors (Lipinski definition) is 11. The molecule has 0 aromatic rings. The van der Waals surface area contributed by atoms with Crippen LogP contribution in [-0.4, -0.2) is 123 Å². The molecular formula is C18H43NO10Si3. The van der Waals surface area contributed by atoms with Crippen molar-refractivity contribution in [3.8, 4) is 0 Å². The zero-order valence-corrected chi connectivity index (χ0v) is 23.9. The van der Waals surface area contributed by atoms with E-state index >= 15 is 0 Å². The van der Waals surface area contributed by atoms with Crippen molar-refractivity contribution in [1.82, 2.24) is 5.32 Å². The molecule has 0 aliphatic heterocycles. The zero-order chi connectivity index (χ0) is 24.3. The quantitative estimate of drug-likeness (QED) is 0.118. The van der Waals surface area contributed by atoms with Gasteiger partial charge in [-0.05, 0) is 19.4 Å². The predicted molar refractivity (Wildman–Crippen MR) is 125 cm³/mol. The molecule has 1 unspecified atom stereocenters. The Kier molecular flexibility index (Phi) is 19.6. The maximum absolute atomic E-state index is 5.97. The summed E-state index contributed by atoms with van der Waals surface area (Å²) in [7, 11) is 7.78. The summed E-state index contributed by atoms with van der Waals surface area (Å²) in [4.78, 5) is 0. The summed E-state index contributed by atoms with van der Waals surface area (Å²) in [6.07, 6.45) is 1.47. The Hall–Kier alpha value is 0.211. The Balaban J connectivity index is 4.44. The Bertz CT molecular complexity index is 383. The highest BCUT2D eigenvalue weighted by Crippen LogP contribution is 2.15. The van der Waals surface area contributed by atoms with E-state index in [2.05, 4.69) is 5.32 Å². The maximum atomic E-state index is 5.97. The SMILES string of the molecule is COC(OC)[Si]OC(CNCCC[Si](OC)(OC)OC)COCCC[Si](OC)(OC)OC. The van der Waals surface area contributed by atoms with E-state index in [0.29, 0.717) is 25.8 Å². The average Bonchev–Trinajstić information content (AvgIpc) is 2.84. The van der Waals surface area contributed by atoms with Gasteiger partial charge in [-0.2, -0.15) is 0 Å². The summed E-state index contributed by atoms with van der Waals surface area (Å²) in [6, 6.07) is 1.41. The molecule has 0 aliphatic carbocycles. The van der Waals surface area contributed by atoms with Crippen LogP contribution >= 0.6 is 0 Å². The van der Waals surface area contributed by atoms with Crippen molar-refractivity contribution >= 4 is 27.4 Å². The van der Waals surface area contributed by atoms with Gasteiger partial charge in [0.1, 0.15) is 0 Å². The maximum Gasteiger partial charge on any atom is 0.500 e. The second kappa shape index (κ2) is 19.5. The van der Waals surface area contributed by atoms with E-state index in [4.69, 9.17) is 45.2 Å². The summed E-state index contributed by atoms with van der Waals surface area (Å²) in [5, 5.41) is 3.40. The first-order valence-corrected chi connectivity index (χ1v) is 15.3. The largest absolute Gasteiger partial charge is 0.500 e. The van der Waals surface area contributed by atoms with Gasteiger partial charge >= 0.3 is 17.6 Å². The molecule has 11 nitrogen and oxygen atoms in total. The number of nitrogens with one attached hydrogen (secondary N) is 1. The van der Waals surface area contributed by atoms with Gasteiger partial charge in [0.05, 0.1) is 12.7 Å². The van der Waals surface area contributed by atoms with Crippen LogP contribution in [0, 0.1) is 0 Å². The molecule has 0 rings (SSSR count). The molecule has 0 heterocycles. The molecule has 0 aromatic heterocycles. The van der Waals surface area contributed by atoms with Gasteiger partial charge in [0.25, 0.3) is 9.76 Å². The molecule has 0 spiro atoms. The van der Waals surface area contributed by atoms with Crippen LogP contribution in [0.2, 0.25) is 12.1 Å². The minimum atomic E-state index is -2.57. The molecule has 2 radical (unpaired) electrons. The monoisotopic (exact) mass is 517 g/mol. The second-order valence-electron chi connectivity index (χ2n) is 6.74. The lowest BCUT2D eigenvalue weighted by Gasteiger charge is -2.25. The minimum absolute atomic E-state index is 0.0389. The summed E-state index contributed by atoms with van der Waals surface area (Å²) in [5.74, 6) is -0.397. The number of methoxy groups -OCH3 is 2. The van der Waals surface area contributed by atoms with Crippen molar-refractivity contribution in [2.24, 2.45) is 0 Å². The van der Waals surface area contributed by atoms with Crippen molar-refractivity contribution in [1.29, 1.82) is 0 Å². The van der Waals surface area contributed by atoms with E-state index in [1.807, 2.05) is 0 Å². The highest BCUT2D eigenvalue weighted by Gasteiger charge is 2.37. The molecule has 0 saturated heterocycles. The first-order valence-electron chi connectivity index (χ1n) is 10.5. The summed E-state index contributed by atoms with van der Waals surface area (Å²) < 4.78 is 54.9. The van der Waals surface area contributed by atoms with Gasteiger partial charge in [-0.3, -0.25) is 0 Å². The molecule has 14 heteroatoms. The highest BCUT2D eigenvalue weighted by molar-refractivity contribution is 6.60. The lowest BCUT2D eigenvalue weighted by molar-refractivity contribution is -0.0583. The number of hydrogen-bond donors (Lipinski definition) is 1. The van der Waals surface area contributed by atoms with Crippen molar-refractivity contribution in [2.45, 2.75) is 36.9 Å². The molecule has 192 valence electrons. The van der Waals surface area contributed by atoms with Gasteiger partial charge in [-0.1, -0.05) is 0 Å². The van der Waals surface area contributed by atoms with Crippen molar-refractivity contribution < 1.29 is 45.2 Å². The van der Waals surface area contributed by atoms with E-state index in [1.165, 1.54) is 0 Å². The predicted octanol–water partition coefficient (Wildman–Crippen LogP) is 0.710. The molecule has 0 saturated carbocycles. The van der Waals surface area contributed by atoms with E-state index in [9.17, 15) is 0 Å². The summed E-state index contributed by atoms with van der Waals surface area (Å²) >= 11 is 0. The molecule has 0 bridgehead atoms. The second-order valence-corrected chi connectivity index (χ2v) is 13.9. The van der Waals surface area contributed by atoms with Gasteiger partial charge in [0.15, 0.2) is 5.91 Å². The number of rotatable bonds is 23. The smallest absolute Gasteiger partial charge is 0.406 e. The van der Waals surface area contributed by atoms with E-state index in [-0.39, 0.29) is 15.9 Å². The molecule has 0 amide bonds. The third kappa shape index (κ3) is 12.6. The number of ether oxygens (including phenoxy) is 3. The first-order chi connectivity index (χ1) is 15.4. The van der Waals surface area contributed by atoms with E-state index in [1.54, 1.807) is 56.9 Å². The summed E-state index contributed by atoms with van der Waals surface area (Å²) in [6.45, 7) is 2.39. The van der Waals surface area contributed by atoms with Crippen molar-refractivity contribution in [3.63, 3.8) is 0 Å².